The topological polar surface area (TPSA) is 49.3 Å². The lowest BCUT2D eigenvalue weighted by molar-refractivity contribution is -0.137. The molecule has 0 unspecified atom stereocenters. The summed E-state index contributed by atoms with van der Waals surface area (Å²) in [6, 6.07) is 0. The highest BCUT2D eigenvalue weighted by Gasteiger charge is 2.50. The first-order chi connectivity index (χ1) is 8.15. The predicted molar refractivity (Wildman–Crippen MR) is 65.8 cm³/mol. The van der Waals surface area contributed by atoms with E-state index in [4.69, 9.17) is 5.11 Å². The van der Waals surface area contributed by atoms with E-state index < -0.39 is 5.97 Å². The minimum Gasteiger partial charge on any atom is -0.481 e. The molecule has 4 fully saturated rings. The van der Waals surface area contributed by atoms with Crippen molar-refractivity contribution in [1.29, 1.82) is 0 Å². The van der Waals surface area contributed by atoms with Crippen LogP contribution in [0.3, 0.4) is 0 Å². The Hall–Kier alpha value is -0.570. The first kappa shape index (κ1) is 11.5. The van der Waals surface area contributed by atoms with Gasteiger partial charge in [-0.2, -0.15) is 0 Å². The molecule has 3 nitrogen and oxygen atoms in total. The number of rotatable bonds is 5. The quantitative estimate of drug-likeness (QED) is 0.722. The van der Waals surface area contributed by atoms with E-state index >= 15 is 0 Å². The minimum atomic E-state index is -0.669. The number of carbonyl (C=O) groups is 1. The van der Waals surface area contributed by atoms with Crippen molar-refractivity contribution in [2.45, 2.75) is 56.9 Å². The fourth-order valence-corrected chi connectivity index (χ4v) is 4.92. The number of hydrogen-bond acceptors (Lipinski definition) is 2. The summed E-state index contributed by atoms with van der Waals surface area (Å²) in [5.74, 6) is 2.23. The van der Waals surface area contributed by atoms with Gasteiger partial charge in [-0.25, -0.2) is 0 Å². The number of aliphatic carboxylic acids is 1. The highest BCUT2D eigenvalue weighted by atomic mass is 16.4. The monoisotopic (exact) mass is 237 g/mol. The molecule has 4 saturated carbocycles. The predicted octanol–water partition coefficient (Wildman–Crippen LogP) is 2.41. The van der Waals surface area contributed by atoms with Crippen LogP contribution in [0.15, 0.2) is 0 Å². The Morgan fingerprint density at radius 1 is 1.12 bits per heavy atom. The molecule has 0 amide bonds. The summed E-state index contributed by atoms with van der Waals surface area (Å²) in [6.07, 6.45) is 9.54. The maximum absolute atomic E-state index is 10.5. The van der Waals surface area contributed by atoms with Crippen molar-refractivity contribution >= 4 is 5.97 Å². The Morgan fingerprint density at radius 3 is 2.12 bits per heavy atom. The molecule has 0 aromatic heterocycles. The molecule has 0 aromatic carbocycles. The maximum Gasteiger partial charge on any atom is 0.303 e. The molecular formula is C14H23NO2. The van der Waals surface area contributed by atoms with Gasteiger partial charge in [-0.05, 0) is 69.2 Å². The molecule has 4 rings (SSSR count). The SMILES string of the molecule is O=C(O)CCCNC12CC3CC(CC(C3)C1)C2. The molecule has 0 spiro atoms. The zero-order valence-electron chi connectivity index (χ0n) is 10.5. The van der Waals surface area contributed by atoms with Gasteiger partial charge < -0.3 is 10.4 Å². The van der Waals surface area contributed by atoms with Gasteiger partial charge in [0.2, 0.25) is 0 Å². The molecule has 96 valence electrons. The molecular weight excluding hydrogens is 214 g/mol. The van der Waals surface area contributed by atoms with Crippen molar-refractivity contribution in [2.75, 3.05) is 6.54 Å². The van der Waals surface area contributed by atoms with E-state index in [2.05, 4.69) is 5.32 Å². The van der Waals surface area contributed by atoms with Gasteiger partial charge in [-0.1, -0.05) is 0 Å². The van der Waals surface area contributed by atoms with Crippen molar-refractivity contribution in [3.63, 3.8) is 0 Å². The van der Waals surface area contributed by atoms with Gasteiger partial charge in [0, 0.05) is 12.0 Å². The first-order valence-corrected chi connectivity index (χ1v) is 7.12. The Kier molecular flexibility index (Phi) is 2.89. The Labute approximate surface area is 103 Å². The molecule has 0 heterocycles. The molecule has 4 aliphatic carbocycles. The largest absolute Gasteiger partial charge is 0.481 e. The summed E-state index contributed by atoms with van der Waals surface area (Å²) >= 11 is 0. The third-order valence-corrected chi connectivity index (χ3v) is 5.11. The van der Waals surface area contributed by atoms with Crippen LogP contribution in [-0.2, 0) is 4.79 Å². The van der Waals surface area contributed by atoms with Crippen LogP contribution in [0.4, 0.5) is 0 Å². The third kappa shape index (κ3) is 2.35. The van der Waals surface area contributed by atoms with E-state index in [1.54, 1.807) is 0 Å². The van der Waals surface area contributed by atoms with Gasteiger partial charge in [0.1, 0.15) is 0 Å². The number of carboxylic acids is 1. The third-order valence-electron chi connectivity index (χ3n) is 5.11. The van der Waals surface area contributed by atoms with Crippen molar-refractivity contribution in [3.05, 3.63) is 0 Å². The van der Waals surface area contributed by atoms with E-state index in [1.165, 1.54) is 38.5 Å². The van der Waals surface area contributed by atoms with Crippen molar-refractivity contribution in [1.82, 2.24) is 5.32 Å². The lowest BCUT2D eigenvalue weighted by Crippen LogP contribution is -2.58. The average molecular weight is 237 g/mol. The van der Waals surface area contributed by atoms with Crippen LogP contribution in [0.25, 0.3) is 0 Å². The molecule has 0 atom stereocenters. The van der Waals surface area contributed by atoms with Gasteiger partial charge in [-0.3, -0.25) is 4.79 Å². The Morgan fingerprint density at radius 2 is 1.65 bits per heavy atom. The highest BCUT2D eigenvalue weighted by molar-refractivity contribution is 5.66. The number of nitrogens with one attached hydrogen (secondary N) is 1. The van der Waals surface area contributed by atoms with Crippen LogP contribution in [0.2, 0.25) is 0 Å². The lowest BCUT2D eigenvalue weighted by Gasteiger charge is -2.57. The maximum atomic E-state index is 10.5. The molecule has 4 bridgehead atoms. The summed E-state index contributed by atoms with van der Waals surface area (Å²) in [6.45, 7) is 0.887. The van der Waals surface area contributed by atoms with Crippen molar-refractivity contribution in [3.8, 4) is 0 Å². The first-order valence-electron chi connectivity index (χ1n) is 7.12. The van der Waals surface area contributed by atoms with Crippen molar-refractivity contribution in [2.24, 2.45) is 17.8 Å². The molecule has 0 aromatic rings. The van der Waals surface area contributed by atoms with Gasteiger partial charge in [0.25, 0.3) is 0 Å². The number of hydrogen-bond donors (Lipinski definition) is 2. The molecule has 17 heavy (non-hydrogen) atoms. The van der Waals surface area contributed by atoms with Crippen LogP contribution in [0.5, 0.6) is 0 Å². The second kappa shape index (κ2) is 4.27. The van der Waals surface area contributed by atoms with Crippen LogP contribution in [0, 0.1) is 17.8 Å². The van der Waals surface area contributed by atoms with Crippen LogP contribution < -0.4 is 5.32 Å². The molecule has 3 heteroatoms. The second-order valence-corrected chi connectivity index (χ2v) is 6.62. The summed E-state index contributed by atoms with van der Waals surface area (Å²) < 4.78 is 0. The van der Waals surface area contributed by atoms with Gasteiger partial charge >= 0.3 is 5.97 Å². The Bertz CT molecular complexity index is 278. The van der Waals surface area contributed by atoms with Crippen molar-refractivity contribution < 1.29 is 9.90 Å². The lowest BCUT2D eigenvalue weighted by atomic mass is 9.53. The second-order valence-electron chi connectivity index (χ2n) is 6.62. The standard InChI is InChI=1S/C14H23NO2/c16-13(17)2-1-3-15-14-7-10-4-11(8-14)6-12(5-10)9-14/h10-12,15H,1-9H2,(H,16,17). The van der Waals surface area contributed by atoms with E-state index in [9.17, 15) is 4.79 Å². The summed E-state index contributed by atoms with van der Waals surface area (Å²) in [5.41, 5.74) is 0.396. The molecule has 2 N–H and O–H groups in total. The normalized spacial score (nSPS) is 42.9. The molecule has 0 radical (unpaired) electrons. The fourth-order valence-electron chi connectivity index (χ4n) is 4.92. The summed E-state index contributed by atoms with van der Waals surface area (Å²) in [5, 5.41) is 12.4. The fraction of sp³-hybridized carbons (Fsp3) is 0.929. The van der Waals surface area contributed by atoms with Crippen LogP contribution >= 0.6 is 0 Å². The summed E-state index contributed by atoms with van der Waals surface area (Å²) in [4.78, 5) is 10.5. The van der Waals surface area contributed by atoms with E-state index in [0.29, 0.717) is 12.0 Å². The van der Waals surface area contributed by atoms with Gasteiger partial charge in [0.05, 0.1) is 0 Å². The molecule has 4 aliphatic rings. The summed E-state index contributed by atoms with van der Waals surface area (Å²) in [7, 11) is 0. The number of carboxylic acid groups (broad SMARTS) is 1. The molecule has 0 aliphatic heterocycles. The van der Waals surface area contributed by atoms with Gasteiger partial charge in [-0.15, -0.1) is 0 Å². The highest BCUT2D eigenvalue weighted by Crippen LogP contribution is 2.55. The minimum absolute atomic E-state index is 0.305. The molecule has 0 saturated heterocycles. The average Bonchev–Trinajstić information content (AvgIpc) is 2.22. The van der Waals surface area contributed by atoms with E-state index in [-0.39, 0.29) is 0 Å². The van der Waals surface area contributed by atoms with Crippen LogP contribution in [0.1, 0.15) is 51.4 Å². The Balaban J connectivity index is 1.53. The van der Waals surface area contributed by atoms with Crippen LogP contribution in [-0.4, -0.2) is 23.2 Å². The smallest absolute Gasteiger partial charge is 0.303 e. The van der Waals surface area contributed by atoms with E-state index in [0.717, 1.165) is 30.7 Å². The zero-order valence-corrected chi connectivity index (χ0v) is 10.5. The van der Waals surface area contributed by atoms with Gasteiger partial charge in [0.15, 0.2) is 0 Å². The zero-order chi connectivity index (χ0) is 11.9. The van der Waals surface area contributed by atoms with E-state index in [1.807, 2.05) is 0 Å².